The first-order valence-corrected chi connectivity index (χ1v) is 11.9. The number of hydrogen-bond acceptors (Lipinski definition) is 3. The molecule has 0 fully saturated rings. The van der Waals surface area contributed by atoms with Gasteiger partial charge in [-0.05, 0) is 36.6 Å². The van der Waals surface area contributed by atoms with E-state index in [4.69, 9.17) is 16.7 Å². The normalized spacial score (nSPS) is 11.5. The maximum absolute atomic E-state index is 13.3. The van der Waals surface area contributed by atoms with Gasteiger partial charge in [-0.2, -0.15) is 5.10 Å². The Morgan fingerprint density at radius 3 is 2.35 bits per heavy atom. The number of hydrogen-bond donors (Lipinski definition) is 1. The molecule has 3 rings (SSSR count). The van der Waals surface area contributed by atoms with E-state index >= 15 is 0 Å². The molecular formula is C27H33ClN4O2. The van der Waals surface area contributed by atoms with Gasteiger partial charge in [0.05, 0.1) is 16.4 Å². The first-order chi connectivity index (χ1) is 16.0. The van der Waals surface area contributed by atoms with Crippen LogP contribution in [0.3, 0.4) is 0 Å². The Bertz CT molecular complexity index is 1180. The Hall–Kier alpha value is -3.12. The molecule has 0 unspecified atom stereocenters. The van der Waals surface area contributed by atoms with Gasteiger partial charge in [0.1, 0.15) is 12.4 Å². The molecule has 34 heavy (non-hydrogen) atoms. The van der Waals surface area contributed by atoms with Gasteiger partial charge in [-0.15, -0.1) is 0 Å². The van der Waals surface area contributed by atoms with E-state index in [0.717, 1.165) is 11.3 Å². The number of carbonyl (C=O) groups excluding carboxylic acids is 2. The van der Waals surface area contributed by atoms with Gasteiger partial charge in [0.2, 0.25) is 5.91 Å². The maximum atomic E-state index is 13.3. The summed E-state index contributed by atoms with van der Waals surface area (Å²) in [7, 11) is 0. The first kappa shape index (κ1) is 25.5. The molecule has 1 N–H and O–H groups in total. The SMILES string of the molecule is Cc1ccccc1C(=O)N(CC(=O)Nc1cc(C(C)(C)C)nn1-c1ccccc1Cl)CC(C)C. The fourth-order valence-electron chi connectivity index (χ4n) is 3.64. The van der Waals surface area contributed by atoms with E-state index in [-0.39, 0.29) is 29.7 Å². The average molecular weight is 481 g/mol. The van der Waals surface area contributed by atoms with Crippen LogP contribution in [0.25, 0.3) is 5.69 Å². The highest BCUT2D eigenvalue weighted by Gasteiger charge is 2.25. The van der Waals surface area contributed by atoms with Crippen LogP contribution in [-0.2, 0) is 10.2 Å². The summed E-state index contributed by atoms with van der Waals surface area (Å²) < 4.78 is 1.65. The van der Waals surface area contributed by atoms with Crippen LogP contribution in [0.15, 0.2) is 54.6 Å². The number of para-hydroxylation sites is 1. The lowest BCUT2D eigenvalue weighted by Crippen LogP contribution is -2.40. The second-order valence-corrected chi connectivity index (χ2v) is 10.4. The van der Waals surface area contributed by atoms with Gasteiger partial charge >= 0.3 is 0 Å². The quantitative estimate of drug-likeness (QED) is 0.460. The van der Waals surface area contributed by atoms with E-state index in [2.05, 4.69) is 26.1 Å². The fraction of sp³-hybridized carbons (Fsp3) is 0.370. The minimum Gasteiger partial charge on any atom is -0.329 e. The average Bonchev–Trinajstić information content (AvgIpc) is 3.17. The van der Waals surface area contributed by atoms with Crippen LogP contribution in [0.5, 0.6) is 0 Å². The van der Waals surface area contributed by atoms with Crippen molar-refractivity contribution in [3.05, 3.63) is 76.4 Å². The second-order valence-electron chi connectivity index (χ2n) is 9.97. The summed E-state index contributed by atoms with van der Waals surface area (Å²) in [6.45, 7) is 12.5. The van der Waals surface area contributed by atoms with Crippen molar-refractivity contribution in [3.63, 3.8) is 0 Å². The third-order valence-electron chi connectivity index (χ3n) is 5.41. The van der Waals surface area contributed by atoms with Crippen LogP contribution >= 0.6 is 11.6 Å². The molecule has 180 valence electrons. The number of nitrogens with one attached hydrogen (secondary N) is 1. The van der Waals surface area contributed by atoms with Gasteiger partial charge in [0.25, 0.3) is 5.91 Å². The second kappa shape index (κ2) is 10.4. The van der Waals surface area contributed by atoms with Gasteiger partial charge in [0, 0.05) is 23.6 Å². The Kier molecular flexibility index (Phi) is 7.82. The zero-order chi connectivity index (χ0) is 25.0. The van der Waals surface area contributed by atoms with Crippen LogP contribution in [0.2, 0.25) is 5.02 Å². The minimum atomic E-state index is -0.295. The number of aryl methyl sites for hydroxylation is 1. The van der Waals surface area contributed by atoms with Crippen molar-refractivity contribution in [3.8, 4) is 5.69 Å². The summed E-state index contributed by atoms with van der Waals surface area (Å²) in [5.41, 5.74) is 2.75. The lowest BCUT2D eigenvalue weighted by molar-refractivity contribution is -0.117. The molecule has 0 radical (unpaired) electrons. The van der Waals surface area contributed by atoms with E-state index < -0.39 is 0 Å². The number of benzene rings is 2. The molecule has 6 nitrogen and oxygen atoms in total. The van der Waals surface area contributed by atoms with Crippen molar-refractivity contribution in [2.45, 2.75) is 47.0 Å². The summed E-state index contributed by atoms with van der Waals surface area (Å²) in [4.78, 5) is 28.0. The zero-order valence-corrected chi connectivity index (χ0v) is 21.5. The van der Waals surface area contributed by atoms with Crippen molar-refractivity contribution < 1.29 is 9.59 Å². The van der Waals surface area contributed by atoms with Crippen LogP contribution in [0, 0.1) is 12.8 Å². The molecular weight excluding hydrogens is 448 g/mol. The van der Waals surface area contributed by atoms with E-state index in [1.54, 1.807) is 21.7 Å². The van der Waals surface area contributed by atoms with Gasteiger partial charge < -0.3 is 10.2 Å². The number of aromatic nitrogens is 2. The fourth-order valence-corrected chi connectivity index (χ4v) is 3.86. The number of nitrogens with zero attached hydrogens (tertiary/aromatic N) is 3. The van der Waals surface area contributed by atoms with Gasteiger partial charge in [-0.3, -0.25) is 9.59 Å². The van der Waals surface area contributed by atoms with Gasteiger partial charge in [-0.25, -0.2) is 4.68 Å². The lowest BCUT2D eigenvalue weighted by Gasteiger charge is -2.25. The van der Waals surface area contributed by atoms with Crippen LogP contribution < -0.4 is 5.32 Å². The highest BCUT2D eigenvalue weighted by Crippen LogP contribution is 2.29. The third-order valence-corrected chi connectivity index (χ3v) is 5.73. The standard InChI is InChI=1S/C27H33ClN4O2/c1-18(2)16-31(26(34)20-12-8-7-11-19(20)3)17-25(33)29-24-15-23(27(4,5)6)30-32(24)22-14-10-9-13-21(22)28/h7-15,18H,16-17H2,1-6H3,(H,29,33). The number of halogens is 1. The molecule has 0 atom stereocenters. The monoisotopic (exact) mass is 480 g/mol. The lowest BCUT2D eigenvalue weighted by atomic mass is 9.92. The number of anilines is 1. The molecule has 0 aliphatic heterocycles. The number of rotatable bonds is 7. The molecule has 0 saturated carbocycles. The molecule has 0 bridgehead atoms. The summed E-state index contributed by atoms with van der Waals surface area (Å²) in [5, 5.41) is 8.21. The molecule has 1 heterocycles. The van der Waals surface area contributed by atoms with Crippen LogP contribution in [0.4, 0.5) is 5.82 Å². The third kappa shape index (κ3) is 6.06. The van der Waals surface area contributed by atoms with Crippen molar-refractivity contribution in [2.75, 3.05) is 18.4 Å². The smallest absolute Gasteiger partial charge is 0.254 e. The Balaban J connectivity index is 1.90. The van der Waals surface area contributed by atoms with Crippen LogP contribution in [-0.4, -0.2) is 39.6 Å². The topological polar surface area (TPSA) is 67.2 Å². The number of carbonyl (C=O) groups is 2. The molecule has 0 aliphatic rings. The molecule has 0 spiro atoms. The molecule has 7 heteroatoms. The Morgan fingerprint density at radius 1 is 1.09 bits per heavy atom. The Labute approximate surface area is 206 Å². The number of amides is 2. The van der Waals surface area contributed by atoms with Gasteiger partial charge in [-0.1, -0.05) is 76.6 Å². The minimum absolute atomic E-state index is 0.0656. The summed E-state index contributed by atoms with van der Waals surface area (Å²) in [5.74, 6) is 0.269. The zero-order valence-electron chi connectivity index (χ0n) is 20.7. The molecule has 0 saturated heterocycles. The summed E-state index contributed by atoms with van der Waals surface area (Å²) >= 11 is 6.43. The molecule has 3 aromatic rings. The molecule has 2 amide bonds. The highest BCUT2D eigenvalue weighted by atomic mass is 35.5. The van der Waals surface area contributed by atoms with E-state index in [0.29, 0.717) is 28.6 Å². The molecule has 1 aromatic heterocycles. The molecule has 2 aromatic carbocycles. The van der Waals surface area contributed by atoms with E-state index in [1.807, 2.05) is 63.2 Å². The van der Waals surface area contributed by atoms with E-state index in [9.17, 15) is 9.59 Å². The van der Waals surface area contributed by atoms with E-state index in [1.165, 1.54) is 0 Å². The molecule has 0 aliphatic carbocycles. The largest absolute Gasteiger partial charge is 0.329 e. The van der Waals surface area contributed by atoms with Crippen molar-refractivity contribution in [2.24, 2.45) is 5.92 Å². The summed E-state index contributed by atoms with van der Waals surface area (Å²) in [6.07, 6.45) is 0. The summed E-state index contributed by atoms with van der Waals surface area (Å²) in [6, 6.07) is 16.6. The van der Waals surface area contributed by atoms with Crippen LogP contribution in [0.1, 0.15) is 56.2 Å². The maximum Gasteiger partial charge on any atom is 0.254 e. The highest BCUT2D eigenvalue weighted by molar-refractivity contribution is 6.32. The van der Waals surface area contributed by atoms with Crippen molar-refractivity contribution in [1.82, 2.24) is 14.7 Å². The van der Waals surface area contributed by atoms with Crippen molar-refractivity contribution >= 4 is 29.2 Å². The predicted octanol–water partition coefficient (Wildman–Crippen LogP) is 5.87. The first-order valence-electron chi connectivity index (χ1n) is 11.5. The predicted molar refractivity (Wildman–Crippen MR) is 138 cm³/mol. The van der Waals surface area contributed by atoms with Gasteiger partial charge in [0.15, 0.2) is 0 Å². The Morgan fingerprint density at radius 2 is 1.74 bits per heavy atom. The van der Waals surface area contributed by atoms with Crippen molar-refractivity contribution in [1.29, 1.82) is 0 Å².